The number of hydrogen-bond acceptors (Lipinski definition) is 4. The van der Waals surface area contributed by atoms with Crippen LogP contribution in [0.2, 0.25) is 6.55 Å². The fraction of sp³-hybridized carbons (Fsp3) is 0.233. The van der Waals surface area contributed by atoms with Crippen LogP contribution < -0.4 is 14.8 Å². The highest BCUT2D eigenvalue weighted by molar-refractivity contribution is 7.02. The average molecular weight is 546 g/mol. The minimum absolute atomic E-state index is 0.0724. The topological polar surface area (TPSA) is 69.8 Å². The predicted molar refractivity (Wildman–Crippen MR) is 148 cm³/mol. The highest BCUT2D eigenvalue weighted by atomic mass is 28.3. The van der Waals surface area contributed by atoms with Gasteiger partial charge in [-0.15, -0.1) is 6.58 Å². The second-order valence-electron chi connectivity index (χ2n) is 10.5. The van der Waals surface area contributed by atoms with E-state index in [1.165, 1.54) is 12.1 Å². The van der Waals surface area contributed by atoms with Crippen LogP contribution in [-0.2, 0) is 4.79 Å². The zero-order valence-corrected chi connectivity index (χ0v) is 22.4. The second kappa shape index (κ2) is 9.27. The number of alkyl halides is 2. The largest absolute Gasteiger partial charge is 0.478 e. The number of hydrogen-bond donors (Lipinski definition) is 1. The molecule has 0 bridgehead atoms. The van der Waals surface area contributed by atoms with Gasteiger partial charge in [0.05, 0.1) is 18.7 Å². The Balaban J connectivity index is 1.64. The molecule has 2 aromatic carbocycles. The highest BCUT2D eigenvalue weighted by Crippen LogP contribution is 2.44. The van der Waals surface area contributed by atoms with Crippen LogP contribution in [0.1, 0.15) is 21.5 Å². The maximum atomic E-state index is 13.7. The number of fused-ring (bicyclic) bond motifs is 2. The van der Waals surface area contributed by atoms with Crippen LogP contribution in [0.5, 0.6) is 5.75 Å². The van der Waals surface area contributed by atoms with Gasteiger partial charge in [-0.25, -0.2) is 18.2 Å². The Labute approximate surface area is 225 Å². The van der Waals surface area contributed by atoms with Crippen molar-refractivity contribution in [3.8, 4) is 5.75 Å². The van der Waals surface area contributed by atoms with E-state index in [2.05, 4.69) is 25.3 Å². The molecule has 6 rings (SSSR count). The maximum Gasteiger partial charge on any atom is 0.336 e. The number of benzene rings is 2. The van der Waals surface area contributed by atoms with E-state index in [4.69, 9.17) is 4.74 Å². The van der Waals surface area contributed by atoms with Crippen LogP contribution in [0.25, 0.3) is 5.57 Å². The summed E-state index contributed by atoms with van der Waals surface area (Å²) in [6.07, 6.45) is 4.28. The van der Waals surface area contributed by atoms with E-state index in [0.717, 1.165) is 32.9 Å². The molecule has 1 atom stereocenters. The number of halogens is 2. The van der Waals surface area contributed by atoms with Gasteiger partial charge < -0.3 is 14.7 Å². The molecule has 1 aliphatic carbocycles. The summed E-state index contributed by atoms with van der Waals surface area (Å²) < 4.78 is 34.5. The zero-order chi connectivity index (χ0) is 27.5. The fourth-order valence-electron chi connectivity index (χ4n) is 5.87. The zero-order valence-electron chi connectivity index (χ0n) is 21.4. The van der Waals surface area contributed by atoms with E-state index in [0.29, 0.717) is 43.8 Å². The SMILES string of the molecule is C=C[Si]1(C)C2=CC(=[N+]3CC(F)C3)C=CC2=C(c2cc(OC=O)ccc2C(=O)O)c2ccc(N3CC(F)C3)cc21. The standard InChI is InChI=1S/C30H26F2N2O4Si/c1-3-39(2)27-10-20(33-13-18(31)14-33)4-7-24(27)29(26-12-22(38-17-35)6-9-23(26)30(36)37)25-8-5-21(11-28(25)39)34-15-19(32)16-34/h3-12,17-19H,1,13-16H2,2H3/p+1. The normalized spacial score (nSPS) is 23.8. The van der Waals surface area contributed by atoms with Gasteiger partial charge in [-0.2, -0.15) is 0 Å². The molecule has 9 heteroatoms. The molecule has 0 amide bonds. The lowest BCUT2D eigenvalue weighted by molar-refractivity contribution is -0.599. The van der Waals surface area contributed by atoms with Gasteiger partial charge >= 0.3 is 5.97 Å². The first-order valence-corrected chi connectivity index (χ1v) is 15.4. The van der Waals surface area contributed by atoms with Gasteiger partial charge in [-0.3, -0.25) is 4.79 Å². The molecule has 39 heavy (non-hydrogen) atoms. The summed E-state index contributed by atoms with van der Waals surface area (Å²) in [6, 6.07) is 10.5. The molecule has 2 fully saturated rings. The summed E-state index contributed by atoms with van der Waals surface area (Å²) in [6.45, 7) is 8.05. The molecule has 1 N–H and O–H groups in total. The van der Waals surface area contributed by atoms with E-state index in [-0.39, 0.29) is 11.3 Å². The van der Waals surface area contributed by atoms with Crippen LogP contribution in [0.3, 0.4) is 0 Å². The van der Waals surface area contributed by atoms with Gasteiger partial charge in [0, 0.05) is 23.4 Å². The minimum atomic E-state index is -2.60. The third-order valence-corrected chi connectivity index (χ3v) is 12.0. The van der Waals surface area contributed by atoms with Gasteiger partial charge in [0.25, 0.3) is 6.47 Å². The van der Waals surface area contributed by atoms with Gasteiger partial charge in [0.2, 0.25) is 6.17 Å². The Morgan fingerprint density at radius 2 is 1.90 bits per heavy atom. The minimum Gasteiger partial charge on any atom is -0.478 e. The number of carboxylic acids is 1. The maximum absolute atomic E-state index is 13.7. The van der Waals surface area contributed by atoms with Crippen molar-refractivity contribution in [1.29, 1.82) is 0 Å². The molecule has 4 aliphatic rings. The lowest BCUT2D eigenvalue weighted by Crippen LogP contribution is -2.53. The summed E-state index contributed by atoms with van der Waals surface area (Å²) in [7, 11) is -2.60. The molecule has 0 radical (unpaired) electrons. The van der Waals surface area contributed by atoms with Crippen LogP contribution in [0.15, 0.2) is 77.7 Å². The molecule has 6 nitrogen and oxygen atoms in total. The van der Waals surface area contributed by atoms with E-state index in [1.807, 2.05) is 39.5 Å². The molecule has 0 saturated carbocycles. The number of carbonyl (C=O) groups excluding carboxylic acids is 1. The highest BCUT2D eigenvalue weighted by Gasteiger charge is 2.44. The van der Waals surface area contributed by atoms with Crippen molar-refractivity contribution in [1.82, 2.24) is 0 Å². The Hall–Kier alpha value is -4.11. The lowest BCUT2D eigenvalue weighted by Gasteiger charge is -2.41. The molecule has 0 spiro atoms. The third-order valence-electron chi connectivity index (χ3n) is 8.15. The summed E-state index contributed by atoms with van der Waals surface area (Å²) in [5.74, 6) is -0.878. The molecule has 2 saturated heterocycles. The second-order valence-corrected chi connectivity index (χ2v) is 14.4. The van der Waals surface area contributed by atoms with Crippen molar-refractivity contribution in [3.05, 3.63) is 94.4 Å². The lowest BCUT2D eigenvalue weighted by atomic mass is 9.87. The van der Waals surface area contributed by atoms with Gasteiger partial charge in [0.1, 0.15) is 20.0 Å². The van der Waals surface area contributed by atoms with Crippen LogP contribution in [0, 0.1) is 0 Å². The van der Waals surface area contributed by atoms with Gasteiger partial charge in [-0.05, 0) is 63.5 Å². The molecule has 3 aliphatic heterocycles. The number of carboxylic acid groups (broad SMARTS) is 1. The van der Waals surface area contributed by atoms with E-state index < -0.39 is 26.4 Å². The number of rotatable bonds is 6. The molecular weight excluding hydrogens is 518 g/mol. The van der Waals surface area contributed by atoms with Crippen LogP contribution >= 0.6 is 0 Å². The number of carbonyl (C=O) groups is 2. The summed E-state index contributed by atoms with van der Waals surface area (Å²) >= 11 is 0. The smallest absolute Gasteiger partial charge is 0.336 e. The molecule has 3 heterocycles. The Kier molecular flexibility index (Phi) is 5.98. The average Bonchev–Trinajstić information content (AvgIpc) is 2.89. The summed E-state index contributed by atoms with van der Waals surface area (Å²) in [5.41, 5.74) is 6.74. The molecule has 2 aromatic rings. The Bertz CT molecular complexity index is 1560. The van der Waals surface area contributed by atoms with Crippen LogP contribution in [0.4, 0.5) is 14.5 Å². The van der Waals surface area contributed by atoms with Crippen molar-refractivity contribution >= 4 is 42.7 Å². The molecule has 0 aromatic heterocycles. The first-order valence-electron chi connectivity index (χ1n) is 12.8. The van der Waals surface area contributed by atoms with Crippen molar-refractivity contribution in [2.45, 2.75) is 18.9 Å². The molecular formula is C30H27F2N2O4Si+. The number of nitrogens with zero attached hydrogens (tertiary/aromatic N) is 2. The number of anilines is 1. The van der Waals surface area contributed by atoms with Gasteiger partial charge in [0.15, 0.2) is 18.8 Å². The van der Waals surface area contributed by atoms with Crippen molar-refractivity contribution < 1.29 is 32.8 Å². The monoisotopic (exact) mass is 545 g/mol. The van der Waals surface area contributed by atoms with E-state index >= 15 is 0 Å². The Morgan fingerprint density at radius 1 is 1.13 bits per heavy atom. The van der Waals surface area contributed by atoms with Crippen molar-refractivity contribution in [2.24, 2.45) is 0 Å². The van der Waals surface area contributed by atoms with Gasteiger partial charge in [-0.1, -0.05) is 18.3 Å². The van der Waals surface area contributed by atoms with E-state index in [9.17, 15) is 23.5 Å². The third kappa shape index (κ3) is 3.99. The first-order chi connectivity index (χ1) is 18.7. The number of aromatic carboxylic acids is 1. The Morgan fingerprint density at radius 3 is 2.54 bits per heavy atom. The van der Waals surface area contributed by atoms with Crippen molar-refractivity contribution in [3.63, 3.8) is 0 Å². The summed E-state index contributed by atoms with van der Waals surface area (Å²) in [5, 5.41) is 12.2. The van der Waals surface area contributed by atoms with Crippen LogP contribution in [-0.4, -0.2) is 74.4 Å². The number of ether oxygens (including phenoxy) is 1. The summed E-state index contributed by atoms with van der Waals surface area (Å²) in [4.78, 5) is 25.5. The predicted octanol–water partition coefficient (Wildman–Crippen LogP) is 3.75. The molecule has 1 unspecified atom stereocenters. The number of allylic oxidation sites excluding steroid dienone is 5. The quantitative estimate of drug-likeness (QED) is 0.340. The molecule has 198 valence electrons. The first kappa shape index (κ1) is 25.2. The van der Waals surface area contributed by atoms with E-state index in [1.54, 1.807) is 6.07 Å². The fourth-order valence-corrected chi connectivity index (χ4v) is 9.03. The van der Waals surface area contributed by atoms with Crippen molar-refractivity contribution in [2.75, 3.05) is 31.1 Å².